The first kappa shape index (κ1) is 13.0. The van der Waals surface area contributed by atoms with E-state index < -0.39 is 47.0 Å². The van der Waals surface area contributed by atoms with Crippen LogP contribution < -0.4 is 10.1 Å². The summed E-state index contributed by atoms with van der Waals surface area (Å²) >= 11 is 0. The Morgan fingerprint density at radius 1 is 0.889 bits per heavy atom. The molecule has 100 valence electrons. The zero-order valence-corrected chi connectivity index (χ0v) is 8.81. The van der Waals surface area contributed by atoms with E-state index in [1.165, 1.54) is 0 Å². The van der Waals surface area contributed by atoms with Crippen molar-refractivity contribution in [1.82, 2.24) is 5.32 Å². The second kappa shape index (κ2) is 4.69. The lowest BCUT2D eigenvalue weighted by Gasteiger charge is -2.17. The SMILES string of the molecule is O[C@H]1CNC[C@@H]1Oc1c(F)c(F)c(F)c(F)c1F. The summed E-state index contributed by atoms with van der Waals surface area (Å²) in [6.07, 6.45) is -2.15. The lowest BCUT2D eigenvalue weighted by atomic mass is 10.2. The molecule has 0 spiro atoms. The van der Waals surface area contributed by atoms with Crippen molar-refractivity contribution in [3.8, 4) is 5.75 Å². The predicted molar refractivity (Wildman–Crippen MR) is 49.5 cm³/mol. The summed E-state index contributed by atoms with van der Waals surface area (Å²) in [5.41, 5.74) is 0. The molecule has 0 bridgehead atoms. The van der Waals surface area contributed by atoms with Gasteiger partial charge in [-0.15, -0.1) is 0 Å². The van der Waals surface area contributed by atoms with Crippen LogP contribution in [0.4, 0.5) is 22.0 Å². The highest BCUT2D eigenvalue weighted by atomic mass is 19.2. The molecule has 18 heavy (non-hydrogen) atoms. The first-order chi connectivity index (χ1) is 8.43. The lowest BCUT2D eigenvalue weighted by molar-refractivity contribution is 0.0663. The molecule has 0 unspecified atom stereocenters. The van der Waals surface area contributed by atoms with Crippen molar-refractivity contribution in [2.24, 2.45) is 0 Å². The topological polar surface area (TPSA) is 41.5 Å². The normalized spacial score (nSPS) is 23.4. The van der Waals surface area contributed by atoms with Crippen LogP contribution in [0, 0.1) is 29.1 Å². The molecule has 3 nitrogen and oxygen atoms in total. The molecular formula is C10H8F5NO2. The lowest BCUT2D eigenvalue weighted by Crippen LogP contribution is -2.31. The average molecular weight is 269 g/mol. The molecule has 1 aromatic carbocycles. The summed E-state index contributed by atoms with van der Waals surface area (Å²) in [7, 11) is 0. The highest BCUT2D eigenvalue weighted by Gasteiger charge is 2.32. The van der Waals surface area contributed by atoms with Gasteiger partial charge in [-0.3, -0.25) is 0 Å². The molecule has 0 aromatic heterocycles. The molecule has 1 heterocycles. The molecule has 2 atom stereocenters. The smallest absolute Gasteiger partial charge is 0.207 e. The molecule has 2 rings (SSSR count). The number of rotatable bonds is 2. The Labute approximate surface area is 98.2 Å². The second-order valence-corrected chi connectivity index (χ2v) is 3.78. The van der Waals surface area contributed by atoms with Gasteiger partial charge in [-0.25, -0.2) is 13.2 Å². The maximum atomic E-state index is 13.2. The van der Waals surface area contributed by atoms with E-state index in [9.17, 15) is 27.1 Å². The standard InChI is InChI=1S/C10H8F5NO2/c11-5-6(12)8(14)10(9(15)7(5)13)18-4-2-16-1-3(4)17/h3-4,16-17H,1-2H2/t3-,4-/m0/s1. The third kappa shape index (κ3) is 2.01. The van der Waals surface area contributed by atoms with Crippen molar-refractivity contribution < 1.29 is 31.8 Å². The zero-order chi connectivity index (χ0) is 13.4. The van der Waals surface area contributed by atoms with Crippen LogP contribution in [-0.4, -0.2) is 30.4 Å². The van der Waals surface area contributed by atoms with E-state index >= 15 is 0 Å². The van der Waals surface area contributed by atoms with Crippen molar-refractivity contribution in [1.29, 1.82) is 0 Å². The number of aliphatic hydroxyl groups excluding tert-OH is 1. The maximum Gasteiger partial charge on any atom is 0.207 e. The molecule has 0 aliphatic carbocycles. The number of nitrogens with one attached hydrogen (secondary N) is 1. The fourth-order valence-corrected chi connectivity index (χ4v) is 1.60. The molecule has 1 aromatic rings. The Kier molecular flexibility index (Phi) is 3.40. The highest BCUT2D eigenvalue weighted by molar-refractivity contribution is 5.30. The van der Waals surface area contributed by atoms with Gasteiger partial charge in [0.05, 0.1) is 0 Å². The van der Waals surface area contributed by atoms with Crippen LogP contribution in [-0.2, 0) is 0 Å². The van der Waals surface area contributed by atoms with E-state index in [2.05, 4.69) is 10.1 Å². The average Bonchev–Trinajstić information content (AvgIpc) is 2.75. The van der Waals surface area contributed by atoms with Gasteiger partial charge in [0.15, 0.2) is 5.75 Å². The number of β-amino-alcohol motifs (C(OH)–C–C–N with tert-alkyl or cyclic N) is 1. The summed E-state index contributed by atoms with van der Waals surface area (Å²) in [5.74, 6) is -11.9. The van der Waals surface area contributed by atoms with Gasteiger partial charge >= 0.3 is 0 Å². The monoisotopic (exact) mass is 269 g/mol. The van der Waals surface area contributed by atoms with Crippen molar-refractivity contribution in [3.63, 3.8) is 0 Å². The van der Waals surface area contributed by atoms with Gasteiger partial charge < -0.3 is 15.2 Å². The minimum atomic E-state index is -2.25. The van der Waals surface area contributed by atoms with E-state index in [1.807, 2.05) is 0 Å². The fourth-order valence-electron chi connectivity index (χ4n) is 1.60. The summed E-state index contributed by atoms with van der Waals surface area (Å²) in [5, 5.41) is 12.0. The minimum absolute atomic E-state index is 0.0423. The van der Waals surface area contributed by atoms with Crippen molar-refractivity contribution >= 4 is 0 Å². The molecular weight excluding hydrogens is 261 g/mol. The molecule has 1 fully saturated rings. The summed E-state index contributed by atoms with van der Waals surface area (Å²) in [6.45, 7) is 0.153. The summed E-state index contributed by atoms with van der Waals surface area (Å²) < 4.78 is 69.6. The highest BCUT2D eigenvalue weighted by Crippen LogP contribution is 2.30. The van der Waals surface area contributed by atoms with Crippen LogP contribution in [0.25, 0.3) is 0 Å². The van der Waals surface area contributed by atoms with Crippen LogP contribution in [0.3, 0.4) is 0 Å². The molecule has 0 saturated carbocycles. The fraction of sp³-hybridized carbons (Fsp3) is 0.400. The van der Waals surface area contributed by atoms with E-state index in [1.54, 1.807) is 0 Å². The third-order valence-electron chi connectivity index (χ3n) is 2.57. The summed E-state index contributed by atoms with van der Waals surface area (Å²) in [6, 6.07) is 0. The zero-order valence-electron chi connectivity index (χ0n) is 8.81. The number of hydrogen-bond acceptors (Lipinski definition) is 3. The van der Waals surface area contributed by atoms with Crippen LogP contribution in [0.5, 0.6) is 5.75 Å². The number of aliphatic hydroxyl groups is 1. The van der Waals surface area contributed by atoms with Crippen LogP contribution >= 0.6 is 0 Å². The van der Waals surface area contributed by atoms with Crippen LogP contribution in [0.15, 0.2) is 0 Å². The van der Waals surface area contributed by atoms with Gasteiger partial charge in [0.25, 0.3) is 0 Å². The molecule has 2 N–H and O–H groups in total. The maximum absolute atomic E-state index is 13.2. The number of hydrogen-bond donors (Lipinski definition) is 2. The minimum Gasteiger partial charge on any atom is -0.480 e. The molecule has 1 aliphatic rings. The quantitative estimate of drug-likeness (QED) is 0.480. The van der Waals surface area contributed by atoms with E-state index in [-0.39, 0.29) is 13.1 Å². The van der Waals surface area contributed by atoms with Crippen molar-refractivity contribution in [2.45, 2.75) is 12.2 Å². The van der Waals surface area contributed by atoms with Crippen LogP contribution in [0.2, 0.25) is 0 Å². The van der Waals surface area contributed by atoms with E-state index in [0.717, 1.165) is 0 Å². The molecule has 0 amide bonds. The van der Waals surface area contributed by atoms with E-state index in [4.69, 9.17) is 0 Å². The Bertz CT molecular complexity index is 453. The molecule has 8 heteroatoms. The number of ether oxygens (including phenoxy) is 1. The van der Waals surface area contributed by atoms with Gasteiger partial charge in [-0.05, 0) is 0 Å². The Hall–Kier alpha value is -1.41. The Morgan fingerprint density at radius 3 is 1.83 bits per heavy atom. The first-order valence-electron chi connectivity index (χ1n) is 5.00. The Morgan fingerprint density at radius 2 is 1.39 bits per heavy atom. The van der Waals surface area contributed by atoms with Gasteiger partial charge in [0, 0.05) is 13.1 Å². The second-order valence-electron chi connectivity index (χ2n) is 3.78. The molecule has 1 aliphatic heterocycles. The molecule has 0 radical (unpaired) electrons. The largest absolute Gasteiger partial charge is 0.480 e. The van der Waals surface area contributed by atoms with Gasteiger partial charge in [-0.1, -0.05) is 0 Å². The number of halogens is 5. The van der Waals surface area contributed by atoms with Crippen molar-refractivity contribution in [2.75, 3.05) is 13.1 Å². The van der Waals surface area contributed by atoms with Crippen molar-refractivity contribution in [3.05, 3.63) is 29.1 Å². The number of benzene rings is 1. The van der Waals surface area contributed by atoms with Gasteiger partial charge in [0.2, 0.25) is 29.1 Å². The van der Waals surface area contributed by atoms with Gasteiger partial charge in [-0.2, -0.15) is 8.78 Å². The first-order valence-corrected chi connectivity index (χ1v) is 5.00. The molecule has 1 saturated heterocycles. The predicted octanol–water partition coefficient (Wildman–Crippen LogP) is 1.09. The Balaban J connectivity index is 2.38. The van der Waals surface area contributed by atoms with Crippen LogP contribution in [0.1, 0.15) is 0 Å². The van der Waals surface area contributed by atoms with E-state index in [0.29, 0.717) is 0 Å². The summed E-state index contributed by atoms with van der Waals surface area (Å²) in [4.78, 5) is 0. The third-order valence-corrected chi connectivity index (χ3v) is 2.57. The van der Waals surface area contributed by atoms with Gasteiger partial charge in [0.1, 0.15) is 12.2 Å².